The Morgan fingerprint density at radius 3 is 2.85 bits per heavy atom. The second-order valence-corrected chi connectivity index (χ2v) is 8.67. The van der Waals surface area contributed by atoms with Crippen LogP contribution >= 0.6 is 11.6 Å². The number of carbonyl (C=O) groups excluding carboxylic acids is 1. The lowest BCUT2D eigenvalue weighted by molar-refractivity contribution is -0.138. The van der Waals surface area contributed by atoms with Crippen molar-refractivity contribution < 1.29 is 4.79 Å². The van der Waals surface area contributed by atoms with Crippen molar-refractivity contribution in [3.8, 4) is 0 Å². The van der Waals surface area contributed by atoms with Crippen LogP contribution in [0.4, 0.5) is 5.82 Å². The first-order valence-electron chi connectivity index (χ1n) is 9.73. The van der Waals surface area contributed by atoms with E-state index in [0.717, 1.165) is 49.2 Å². The van der Waals surface area contributed by atoms with Crippen LogP contribution in [0, 0.1) is 5.41 Å². The Kier molecular flexibility index (Phi) is 3.85. The van der Waals surface area contributed by atoms with Gasteiger partial charge >= 0.3 is 0 Å². The highest BCUT2D eigenvalue weighted by atomic mass is 35.5. The number of benzene rings is 1. The minimum absolute atomic E-state index is 0.228. The summed E-state index contributed by atoms with van der Waals surface area (Å²) in [6.45, 7) is 2.95. The third-order valence-electron chi connectivity index (χ3n) is 6.32. The molecule has 26 heavy (non-hydrogen) atoms. The van der Waals surface area contributed by atoms with Gasteiger partial charge in [0.15, 0.2) is 0 Å². The predicted octanol–water partition coefficient (Wildman–Crippen LogP) is 4.26. The number of halogens is 1. The smallest absolute Gasteiger partial charge is 0.222 e. The molecule has 2 saturated heterocycles. The molecule has 5 rings (SSSR count). The lowest BCUT2D eigenvalue weighted by Crippen LogP contribution is -2.54. The number of para-hydroxylation sites is 1. The van der Waals surface area contributed by atoms with E-state index in [-0.39, 0.29) is 5.41 Å². The molecule has 0 N–H and O–H groups in total. The first kappa shape index (κ1) is 16.4. The molecule has 1 aromatic heterocycles. The Balaban J connectivity index is 1.42. The van der Waals surface area contributed by atoms with E-state index in [0.29, 0.717) is 23.4 Å². The van der Waals surface area contributed by atoms with Crippen molar-refractivity contribution in [1.29, 1.82) is 0 Å². The highest BCUT2D eigenvalue weighted by Gasteiger charge is 2.45. The fourth-order valence-corrected chi connectivity index (χ4v) is 5.00. The molecule has 4 nitrogen and oxygen atoms in total. The second kappa shape index (κ2) is 6.12. The molecule has 3 fully saturated rings. The lowest BCUT2D eigenvalue weighted by atomic mass is 9.73. The topological polar surface area (TPSA) is 36.4 Å². The number of pyridine rings is 1. The molecule has 0 radical (unpaired) electrons. The Hall–Kier alpha value is -1.81. The van der Waals surface area contributed by atoms with Crippen LogP contribution in [0.15, 0.2) is 30.3 Å². The van der Waals surface area contributed by atoms with Crippen molar-refractivity contribution >= 4 is 34.2 Å². The van der Waals surface area contributed by atoms with Crippen LogP contribution in [0.1, 0.15) is 38.5 Å². The van der Waals surface area contributed by atoms with Crippen LogP contribution in [-0.2, 0) is 4.79 Å². The summed E-state index contributed by atoms with van der Waals surface area (Å²) < 4.78 is 0. The molecule has 1 atom stereocenters. The molecule has 1 spiro atoms. The van der Waals surface area contributed by atoms with Gasteiger partial charge in [0.05, 0.1) is 10.5 Å². The molecule has 1 amide bonds. The van der Waals surface area contributed by atoms with Crippen molar-refractivity contribution in [1.82, 2.24) is 9.88 Å². The molecular formula is C21H24ClN3O. The van der Waals surface area contributed by atoms with Crippen LogP contribution < -0.4 is 4.90 Å². The zero-order chi connectivity index (χ0) is 17.7. The van der Waals surface area contributed by atoms with E-state index in [9.17, 15) is 4.79 Å². The summed E-state index contributed by atoms with van der Waals surface area (Å²) in [5.74, 6) is 1.38. The van der Waals surface area contributed by atoms with Gasteiger partial charge < -0.3 is 9.80 Å². The number of nitrogens with zero attached hydrogens (tertiary/aromatic N) is 3. The van der Waals surface area contributed by atoms with E-state index in [2.05, 4.69) is 28.0 Å². The average Bonchev–Trinajstić information content (AvgIpc) is 3.49. The Morgan fingerprint density at radius 1 is 1.12 bits per heavy atom. The van der Waals surface area contributed by atoms with Crippen molar-refractivity contribution in [3.05, 3.63) is 35.4 Å². The van der Waals surface area contributed by atoms with E-state index in [1.807, 2.05) is 12.1 Å². The minimum Gasteiger partial charge on any atom is -0.356 e. The van der Waals surface area contributed by atoms with Crippen molar-refractivity contribution in [3.63, 3.8) is 0 Å². The molecule has 5 heteroatoms. The molecule has 1 aliphatic carbocycles. The van der Waals surface area contributed by atoms with E-state index in [1.165, 1.54) is 19.3 Å². The number of anilines is 1. The van der Waals surface area contributed by atoms with E-state index < -0.39 is 0 Å². The highest BCUT2D eigenvalue weighted by molar-refractivity contribution is 6.35. The number of fused-ring (bicyclic) bond motifs is 1. The van der Waals surface area contributed by atoms with Gasteiger partial charge in [0.2, 0.25) is 5.91 Å². The molecule has 136 valence electrons. The zero-order valence-corrected chi connectivity index (χ0v) is 15.7. The quantitative estimate of drug-likeness (QED) is 0.793. The number of rotatable bonds is 2. The van der Waals surface area contributed by atoms with Gasteiger partial charge in [-0.1, -0.05) is 23.7 Å². The maximum absolute atomic E-state index is 12.3. The monoisotopic (exact) mass is 369 g/mol. The second-order valence-electron chi connectivity index (χ2n) is 8.26. The summed E-state index contributed by atoms with van der Waals surface area (Å²) in [4.78, 5) is 21.8. The van der Waals surface area contributed by atoms with Crippen LogP contribution in [0.2, 0.25) is 5.02 Å². The molecule has 0 bridgehead atoms. The maximum Gasteiger partial charge on any atom is 0.222 e. The Labute approximate surface area is 159 Å². The van der Waals surface area contributed by atoms with E-state index in [1.54, 1.807) is 0 Å². The van der Waals surface area contributed by atoms with Crippen LogP contribution in [0.25, 0.3) is 10.9 Å². The number of hydrogen-bond donors (Lipinski definition) is 0. The third-order valence-corrected chi connectivity index (χ3v) is 6.63. The third kappa shape index (κ3) is 2.84. The van der Waals surface area contributed by atoms with Gasteiger partial charge in [-0.25, -0.2) is 4.98 Å². The van der Waals surface area contributed by atoms with Crippen LogP contribution in [0.3, 0.4) is 0 Å². The molecule has 1 saturated carbocycles. The summed E-state index contributed by atoms with van der Waals surface area (Å²) in [6, 6.07) is 10.7. The number of hydrogen-bond acceptors (Lipinski definition) is 3. The van der Waals surface area contributed by atoms with Crippen molar-refractivity contribution in [2.75, 3.05) is 24.5 Å². The van der Waals surface area contributed by atoms with Crippen molar-refractivity contribution in [2.24, 2.45) is 5.41 Å². The molecular weight excluding hydrogens is 346 g/mol. The largest absolute Gasteiger partial charge is 0.356 e. The van der Waals surface area contributed by atoms with Crippen molar-refractivity contribution in [2.45, 2.75) is 44.6 Å². The molecule has 2 aliphatic heterocycles. The number of aromatic nitrogens is 1. The number of piperidine rings is 2. The SMILES string of the molecule is O=C1CC[C@@]2(CCCN(c3ccc4cccc(Cl)c4n3)C2)CN1C1CC1. The standard InChI is InChI=1S/C21H24ClN3O/c22-17-4-1-3-15-5-8-18(23-20(15)17)24-12-2-10-21(13-24)11-9-19(26)25(14-21)16-6-7-16/h1,3-5,8,16H,2,6-7,9-14H2/t21-/m1/s1. The number of likely N-dealkylation sites (tertiary alicyclic amines) is 1. The fourth-order valence-electron chi connectivity index (χ4n) is 4.78. The van der Waals surface area contributed by atoms with Gasteiger partial charge in [-0.15, -0.1) is 0 Å². The Bertz CT molecular complexity index is 865. The summed E-state index contributed by atoms with van der Waals surface area (Å²) in [7, 11) is 0. The molecule has 2 aromatic rings. The van der Waals surface area contributed by atoms with Gasteiger partial charge in [0, 0.05) is 42.9 Å². The first-order valence-corrected chi connectivity index (χ1v) is 10.1. The summed E-state index contributed by atoms with van der Waals surface area (Å²) in [6.07, 6.45) is 6.48. The van der Waals surface area contributed by atoms with Gasteiger partial charge in [0.1, 0.15) is 5.82 Å². The predicted molar refractivity (Wildman–Crippen MR) is 105 cm³/mol. The molecule has 0 unspecified atom stereocenters. The summed E-state index contributed by atoms with van der Waals surface area (Å²) in [5.41, 5.74) is 1.11. The highest BCUT2D eigenvalue weighted by Crippen LogP contribution is 2.43. The molecule has 3 heterocycles. The average molecular weight is 370 g/mol. The molecule has 3 aliphatic rings. The van der Waals surface area contributed by atoms with E-state index >= 15 is 0 Å². The van der Waals surface area contributed by atoms with Gasteiger partial charge in [-0.05, 0) is 50.3 Å². The summed E-state index contributed by atoms with van der Waals surface area (Å²) >= 11 is 6.36. The summed E-state index contributed by atoms with van der Waals surface area (Å²) in [5, 5.41) is 1.79. The Morgan fingerprint density at radius 2 is 2.00 bits per heavy atom. The first-order chi connectivity index (χ1) is 12.6. The van der Waals surface area contributed by atoms with Gasteiger partial charge in [-0.3, -0.25) is 4.79 Å². The van der Waals surface area contributed by atoms with Gasteiger partial charge in [-0.2, -0.15) is 0 Å². The lowest BCUT2D eigenvalue weighted by Gasteiger charge is -2.48. The maximum atomic E-state index is 12.3. The fraction of sp³-hybridized carbons (Fsp3) is 0.524. The molecule has 1 aromatic carbocycles. The van der Waals surface area contributed by atoms with E-state index in [4.69, 9.17) is 16.6 Å². The van der Waals surface area contributed by atoms with Crippen LogP contribution in [-0.4, -0.2) is 41.5 Å². The minimum atomic E-state index is 0.228. The number of amides is 1. The van der Waals surface area contributed by atoms with Crippen LogP contribution in [0.5, 0.6) is 0 Å². The van der Waals surface area contributed by atoms with Gasteiger partial charge in [0.25, 0.3) is 0 Å². The zero-order valence-electron chi connectivity index (χ0n) is 15.0. The number of carbonyl (C=O) groups is 1. The normalized spacial score (nSPS) is 26.7.